The van der Waals surface area contributed by atoms with Crippen LogP contribution in [0.5, 0.6) is 0 Å². The molecule has 0 aliphatic heterocycles. The minimum absolute atomic E-state index is 0.0865. The molecule has 0 atom stereocenters. The van der Waals surface area contributed by atoms with Crippen LogP contribution in [0.4, 0.5) is 4.39 Å². The zero-order valence-corrected chi connectivity index (χ0v) is 10.4. The van der Waals surface area contributed by atoms with E-state index in [1.165, 1.54) is 28.2 Å². The van der Waals surface area contributed by atoms with Crippen molar-refractivity contribution in [2.45, 2.75) is 0 Å². The summed E-state index contributed by atoms with van der Waals surface area (Å²) in [6, 6.07) is 7.92. The van der Waals surface area contributed by atoms with Crippen molar-refractivity contribution in [2.24, 2.45) is 7.05 Å². The fourth-order valence-electron chi connectivity index (χ4n) is 1.85. The molecule has 3 aromatic rings. The topological polar surface area (TPSA) is 34.9 Å². The van der Waals surface area contributed by atoms with Gasteiger partial charge in [-0.15, -0.1) is 11.3 Å². The van der Waals surface area contributed by atoms with Crippen LogP contribution in [-0.2, 0) is 7.05 Å². The van der Waals surface area contributed by atoms with Crippen molar-refractivity contribution >= 4 is 27.2 Å². The first kappa shape index (κ1) is 11.1. The van der Waals surface area contributed by atoms with Crippen LogP contribution in [0.1, 0.15) is 15.4 Å². The maximum absolute atomic E-state index is 13.1. The summed E-state index contributed by atoms with van der Waals surface area (Å²) in [4.78, 5) is 12.8. The number of thiophene rings is 1. The fourth-order valence-corrected chi connectivity index (χ4v) is 2.84. The number of aromatic nitrogens is 2. The number of hydrogen-bond donors (Lipinski definition) is 0. The van der Waals surface area contributed by atoms with Gasteiger partial charge in [0.05, 0.1) is 4.88 Å². The molecule has 1 aromatic carbocycles. The monoisotopic (exact) mass is 260 g/mol. The SMILES string of the molecule is Cn1nccc1C(=O)c1cc2cc(F)ccc2s1. The van der Waals surface area contributed by atoms with Gasteiger partial charge in [-0.3, -0.25) is 9.48 Å². The number of nitrogens with zero attached hydrogens (tertiary/aromatic N) is 2. The van der Waals surface area contributed by atoms with Gasteiger partial charge in [-0.05, 0) is 35.7 Å². The van der Waals surface area contributed by atoms with Crippen LogP contribution in [0.25, 0.3) is 10.1 Å². The quantitative estimate of drug-likeness (QED) is 0.664. The van der Waals surface area contributed by atoms with Gasteiger partial charge in [0.25, 0.3) is 0 Å². The summed E-state index contributed by atoms with van der Waals surface area (Å²) in [7, 11) is 1.72. The summed E-state index contributed by atoms with van der Waals surface area (Å²) in [5.41, 5.74) is 0.530. The van der Waals surface area contributed by atoms with Crippen LogP contribution in [0, 0.1) is 5.82 Å². The molecule has 0 saturated carbocycles. The summed E-state index contributed by atoms with van der Waals surface area (Å²) in [5.74, 6) is -0.378. The fraction of sp³-hybridized carbons (Fsp3) is 0.0769. The third kappa shape index (κ3) is 1.73. The Labute approximate surface area is 106 Å². The molecule has 0 spiro atoms. The minimum atomic E-state index is -0.292. The molecule has 3 rings (SSSR count). The first-order chi connectivity index (χ1) is 8.65. The van der Waals surface area contributed by atoms with E-state index in [4.69, 9.17) is 0 Å². The zero-order valence-electron chi connectivity index (χ0n) is 9.55. The van der Waals surface area contributed by atoms with Gasteiger partial charge in [0.15, 0.2) is 0 Å². The highest BCUT2D eigenvalue weighted by molar-refractivity contribution is 7.21. The van der Waals surface area contributed by atoms with Crippen molar-refractivity contribution in [3.63, 3.8) is 0 Å². The smallest absolute Gasteiger partial charge is 0.220 e. The Hall–Kier alpha value is -2.01. The van der Waals surface area contributed by atoms with Crippen LogP contribution >= 0.6 is 11.3 Å². The van der Waals surface area contributed by atoms with Gasteiger partial charge in [-0.25, -0.2) is 4.39 Å². The van der Waals surface area contributed by atoms with Gasteiger partial charge in [0.1, 0.15) is 11.5 Å². The number of halogens is 1. The van der Waals surface area contributed by atoms with Crippen LogP contribution in [-0.4, -0.2) is 15.6 Å². The Balaban J connectivity index is 2.10. The second-order valence-corrected chi connectivity index (χ2v) is 5.05. The molecular formula is C13H9FN2OS. The molecule has 0 radical (unpaired) electrons. The lowest BCUT2D eigenvalue weighted by atomic mass is 10.2. The summed E-state index contributed by atoms with van der Waals surface area (Å²) in [6.45, 7) is 0. The number of benzene rings is 1. The number of fused-ring (bicyclic) bond motifs is 1. The summed E-state index contributed by atoms with van der Waals surface area (Å²) >= 11 is 1.36. The standard InChI is InChI=1S/C13H9FN2OS/c1-16-10(4-5-15-16)13(17)12-7-8-6-9(14)2-3-11(8)18-12/h2-7H,1H3. The van der Waals surface area contributed by atoms with Crippen LogP contribution in [0.15, 0.2) is 36.5 Å². The van der Waals surface area contributed by atoms with E-state index in [9.17, 15) is 9.18 Å². The molecular weight excluding hydrogens is 251 g/mol. The Morgan fingerprint density at radius 1 is 1.33 bits per heavy atom. The lowest BCUT2D eigenvalue weighted by Gasteiger charge is -1.97. The third-order valence-corrected chi connectivity index (χ3v) is 3.87. The Bertz CT molecular complexity index is 744. The van der Waals surface area contributed by atoms with Crippen molar-refractivity contribution < 1.29 is 9.18 Å². The highest BCUT2D eigenvalue weighted by atomic mass is 32.1. The molecule has 0 aliphatic carbocycles. The predicted molar refractivity (Wildman–Crippen MR) is 68.4 cm³/mol. The van der Waals surface area contributed by atoms with Crippen LogP contribution in [0.2, 0.25) is 0 Å². The van der Waals surface area contributed by atoms with Gasteiger partial charge in [0.2, 0.25) is 5.78 Å². The number of carbonyl (C=O) groups is 1. The van der Waals surface area contributed by atoms with E-state index >= 15 is 0 Å². The minimum Gasteiger partial charge on any atom is -0.286 e. The van der Waals surface area contributed by atoms with Crippen molar-refractivity contribution in [2.75, 3.05) is 0 Å². The zero-order chi connectivity index (χ0) is 12.7. The van der Waals surface area contributed by atoms with E-state index in [0.717, 1.165) is 10.1 Å². The van der Waals surface area contributed by atoms with E-state index in [1.54, 1.807) is 31.4 Å². The molecule has 0 fully saturated rings. The van der Waals surface area contributed by atoms with Gasteiger partial charge >= 0.3 is 0 Å². The van der Waals surface area contributed by atoms with Crippen LogP contribution < -0.4 is 0 Å². The highest BCUT2D eigenvalue weighted by Crippen LogP contribution is 2.27. The molecule has 0 unspecified atom stereocenters. The summed E-state index contributed by atoms with van der Waals surface area (Å²) in [6.07, 6.45) is 1.58. The maximum Gasteiger partial charge on any atom is 0.220 e. The molecule has 90 valence electrons. The highest BCUT2D eigenvalue weighted by Gasteiger charge is 2.15. The Kier molecular flexibility index (Phi) is 2.48. The summed E-state index contributed by atoms with van der Waals surface area (Å²) < 4.78 is 15.5. The number of hydrogen-bond acceptors (Lipinski definition) is 3. The van der Waals surface area contributed by atoms with E-state index < -0.39 is 0 Å². The molecule has 2 heterocycles. The molecule has 0 amide bonds. The lowest BCUT2D eigenvalue weighted by molar-refractivity contribution is 0.103. The molecule has 0 aliphatic rings. The first-order valence-electron chi connectivity index (χ1n) is 5.37. The van der Waals surface area contributed by atoms with E-state index in [-0.39, 0.29) is 11.6 Å². The molecule has 5 heteroatoms. The Morgan fingerprint density at radius 2 is 2.17 bits per heavy atom. The van der Waals surface area contributed by atoms with Crippen molar-refractivity contribution in [1.82, 2.24) is 9.78 Å². The average molecular weight is 260 g/mol. The predicted octanol–water partition coefficient (Wildman–Crippen LogP) is 3.00. The maximum atomic E-state index is 13.1. The lowest BCUT2D eigenvalue weighted by Crippen LogP contribution is -2.06. The van der Waals surface area contributed by atoms with Gasteiger partial charge in [-0.1, -0.05) is 0 Å². The number of aryl methyl sites for hydroxylation is 1. The number of carbonyl (C=O) groups excluding carboxylic acids is 1. The molecule has 0 N–H and O–H groups in total. The largest absolute Gasteiger partial charge is 0.286 e. The second kappa shape index (κ2) is 4.03. The second-order valence-electron chi connectivity index (χ2n) is 3.96. The molecule has 2 aromatic heterocycles. The number of ketones is 1. The summed E-state index contributed by atoms with van der Waals surface area (Å²) in [5, 5.41) is 4.73. The molecule has 3 nitrogen and oxygen atoms in total. The average Bonchev–Trinajstić information content (AvgIpc) is 2.93. The third-order valence-electron chi connectivity index (χ3n) is 2.76. The molecule has 18 heavy (non-hydrogen) atoms. The van der Waals surface area contributed by atoms with Crippen molar-refractivity contribution in [1.29, 1.82) is 0 Å². The van der Waals surface area contributed by atoms with Gasteiger partial charge < -0.3 is 0 Å². The van der Waals surface area contributed by atoms with E-state index in [0.29, 0.717) is 10.6 Å². The first-order valence-corrected chi connectivity index (χ1v) is 6.18. The molecule has 0 bridgehead atoms. The van der Waals surface area contributed by atoms with Crippen LogP contribution in [0.3, 0.4) is 0 Å². The normalized spacial score (nSPS) is 11.0. The van der Waals surface area contributed by atoms with Crippen molar-refractivity contribution in [3.05, 3.63) is 52.9 Å². The molecule has 0 saturated heterocycles. The van der Waals surface area contributed by atoms with Gasteiger partial charge in [0, 0.05) is 17.9 Å². The van der Waals surface area contributed by atoms with Gasteiger partial charge in [-0.2, -0.15) is 5.10 Å². The van der Waals surface area contributed by atoms with E-state index in [1.807, 2.05) is 0 Å². The van der Waals surface area contributed by atoms with E-state index in [2.05, 4.69) is 5.10 Å². The van der Waals surface area contributed by atoms with Crippen molar-refractivity contribution in [3.8, 4) is 0 Å². The number of rotatable bonds is 2. The Morgan fingerprint density at radius 3 is 2.89 bits per heavy atom.